The predicted octanol–water partition coefficient (Wildman–Crippen LogP) is 1.66. The average molecular weight is 318 g/mol. The molecule has 1 aliphatic rings. The molecule has 2 N–H and O–H groups in total. The molecule has 0 radical (unpaired) electrons. The van der Waals surface area contributed by atoms with Crippen molar-refractivity contribution >= 4 is 11.6 Å². The predicted molar refractivity (Wildman–Crippen MR) is 84.0 cm³/mol. The van der Waals surface area contributed by atoms with E-state index in [-0.39, 0.29) is 17.4 Å². The van der Waals surface area contributed by atoms with Crippen LogP contribution in [0.3, 0.4) is 0 Å². The first kappa shape index (κ1) is 15.3. The lowest BCUT2D eigenvalue weighted by Gasteiger charge is -2.33. The lowest BCUT2D eigenvalue weighted by atomic mass is 10.0. The number of hydrogen-bond acceptors (Lipinski definition) is 4. The number of phenolic OH excluding ortho intramolecular Hbond substituents is 1. The summed E-state index contributed by atoms with van der Waals surface area (Å²) in [6.07, 6.45) is 5.51. The number of anilines is 1. The van der Waals surface area contributed by atoms with Gasteiger partial charge in [0, 0.05) is 32.4 Å². The highest BCUT2D eigenvalue weighted by atomic mass is 19.1. The summed E-state index contributed by atoms with van der Waals surface area (Å²) in [5.74, 6) is -1.22. The smallest absolute Gasteiger partial charge is 0.255 e. The molecule has 0 spiro atoms. The molecule has 1 aliphatic heterocycles. The molecule has 0 aliphatic carbocycles. The Bertz CT molecular complexity index is 716. The molecule has 7 heteroatoms. The number of benzene rings is 1. The Morgan fingerprint density at radius 3 is 3.04 bits per heavy atom. The zero-order valence-corrected chi connectivity index (χ0v) is 12.9. The summed E-state index contributed by atoms with van der Waals surface area (Å²) in [5, 5.41) is 16.8. The van der Waals surface area contributed by atoms with Gasteiger partial charge in [-0.3, -0.25) is 9.48 Å². The molecule has 2 heterocycles. The van der Waals surface area contributed by atoms with Crippen LogP contribution in [0.25, 0.3) is 0 Å². The number of halogens is 1. The van der Waals surface area contributed by atoms with Crippen molar-refractivity contribution in [2.75, 3.05) is 18.0 Å². The molecule has 1 unspecified atom stereocenters. The van der Waals surface area contributed by atoms with Crippen LogP contribution in [-0.2, 0) is 7.05 Å². The van der Waals surface area contributed by atoms with Gasteiger partial charge in [0.05, 0.1) is 17.4 Å². The maximum atomic E-state index is 13.3. The van der Waals surface area contributed by atoms with E-state index in [4.69, 9.17) is 0 Å². The standard InChI is InChI=1S/C16H19FN4O2/c1-20-10-13(8-18-20)21-6-2-3-12(9-21)19-16(23)14-7-11(17)4-5-15(14)22/h4-5,7-8,10,12,22H,2-3,6,9H2,1H3,(H,19,23). The minimum absolute atomic E-state index is 0.0384. The number of aryl methyl sites for hydroxylation is 1. The summed E-state index contributed by atoms with van der Waals surface area (Å²) in [4.78, 5) is 14.4. The molecule has 1 aromatic carbocycles. The van der Waals surface area contributed by atoms with Gasteiger partial charge >= 0.3 is 0 Å². The molecule has 6 nitrogen and oxygen atoms in total. The number of hydrogen-bond donors (Lipinski definition) is 2. The number of aromatic hydroxyl groups is 1. The van der Waals surface area contributed by atoms with Crippen molar-refractivity contribution < 1.29 is 14.3 Å². The van der Waals surface area contributed by atoms with E-state index in [1.807, 2.05) is 13.2 Å². The van der Waals surface area contributed by atoms with Crippen LogP contribution in [0.2, 0.25) is 0 Å². The Kier molecular flexibility index (Phi) is 4.18. The maximum Gasteiger partial charge on any atom is 0.255 e. The number of aromatic nitrogens is 2. The van der Waals surface area contributed by atoms with Crippen molar-refractivity contribution in [3.63, 3.8) is 0 Å². The molecule has 1 amide bonds. The number of nitrogens with zero attached hydrogens (tertiary/aromatic N) is 3. The normalized spacial score (nSPS) is 18.0. The van der Waals surface area contributed by atoms with E-state index < -0.39 is 11.7 Å². The topological polar surface area (TPSA) is 70.4 Å². The van der Waals surface area contributed by atoms with E-state index in [2.05, 4.69) is 15.3 Å². The number of carbonyl (C=O) groups is 1. The zero-order chi connectivity index (χ0) is 16.4. The molecule has 1 atom stereocenters. The lowest BCUT2D eigenvalue weighted by molar-refractivity contribution is 0.0930. The van der Waals surface area contributed by atoms with Gasteiger partial charge in [-0.2, -0.15) is 5.10 Å². The van der Waals surface area contributed by atoms with Crippen molar-refractivity contribution in [1.29, 1.82) is 0 Å². The highest BCUT2D eigenvalue weighted by Crippen LogP contribution is 2.21. The summed E-state index contributed by atoms with van der Waals surface area (Å²) in [6.45, 7) is 1.57. The van der Waals surface area contributed by atoms with Gasteiger partial charge in [0.15, 0.2) is 0 Å². The quantitative estimate of drug-likeness (QED) is 0.903. The monoisotopic (exact) mass is 318 g/mol. The van der Waals surface area contributed by atoms with Crippen molar-refractivity contribution in [3.05, 3.63) is 42.0 Å². The van der Waals surface area contributed by atoms with Crippen molar-refractivity contribution in [3.8, 4) is 5.75 Å². The van der Waals surface area contributed by atoms with Crippen LogP contribution in [-0.4, -0.2) is 39.9 Å². The molecule has 1 aromatic heterocycles. The molecular weight excluding hydrogens is 299 g/mol. The van der Waals surface area contributed by atoms with E-state index in [0.29, 0.717) is 6.54 Å². The molecule has 23 heavy (non-hydrogen) atoms. The van der Waals surface area contributed by atoms with E-state index in [9.17, 15) is 14.3 Å². The lowest BCUT2D eigenvalue weighted by Crippen LogP contribution is -2.47. The van der Waals surface area contributed by atoms with E-state index >= 15 is 0 Å². The fraction of sp³-hybridized carbons (Fsp3) is 0.375. The molecule has 122 valence electrons. The van der Waals surface area contributed by atoms with E-state index in [1.54, 1.807) is 10.9 Å². The Balaban J connectivity index is 1.67. The SMILES string of the molecule is Cn1cc(N2CCCC(NC(=O)c3cc(F)ccc3O)C2)cn1. The van der Waals surface area contributed by atoms with Gasteiger partial charge in [-0.05, 0) is 31.0 Å². The van der Waals surface area contributed by atoms with Gasteiger partial charge in [0.1, 0.15) is 11.6 Å². The van der Waals surface area contributed by atoms with Gasteiger partial charge in [-0.15, -0.1) is 0 Å². The molecule has 0 bridgehead atoms. The van der Waals surface area contributed by atoms with Crippen molar-refractivity contribution in [2.45, 2.75) is 18.9 Å². The Hall–Kier alpha value is -2.57. The third-order valence-electron chi connectivity index (χ3n) is 4.02. The summed E-state index contributed by atoms with van der Waals surface area (Å²) in [7, 11) is 1.86. The van der Waals surface area contributed by atoms with Crippen molar-refractivity contribution in [1.82, 2.24) is 15.1 Å². The average Bonchev–Trinajstić information content (AvgIpc) is 2.96. The Morgan fingerprint density at radius 2 is 2.30 bits per heavy atom. The number of carbonyl (C=O) groups excluding carboxylic acids is 1. The van der Waals surface area contributed by atoms with Gasteiger partial charge in [-0.25, -0.2) is 4.39 Å². The van der Waals surface area contributed by atoms with Gasteiger partial charge in [0.25, 0.3) is 5.91 Å². The summed E-state index contributed by atoms with van der Waals surface area (Å²) < 4.78 is 15.0. The van der Waals surface area contributed by atoms with E-state index in [0.717, 1.165) is 37.2 Å². The molecule has 1 saturated heterocycles. The minimum atomic E-state index is -0.548. The van der Waals surface area contributed by atoms with Crippen LogP contribution in [0.4, 0.5) is 10.1 Å². The zero-order valence-electron chi connectivity index (χ0n) is 12.9. The molecular formula is C16H19FN4O2. The number of rotatable bonds is 3. The Morgan fingerprint density at radius 1 is 1.48 bits per heavy atom. The number of nitrogens with one attached hydrogen (secondary N) is 1. The van der Waals surface area contributed by atoms with E-state index in [1.165, 1.54) is 6.07 Å². The van der Waals surface area contributed by atoms with Crippen LogP contribution in [0.1, 0.15) is 23.2 Å². The fourth-order valence-electron chi connectivity index (χ4n) is 2.85. The van der Waals surface area contributed by atoms with Crippen LogP contribution in [0.5, 0.6) is 5.75 Å². The first-order chi connectivity index (χ1) is 11.0. The highest BCUT2D eigenvalue weighted by Gasteiger charge is 2.23. The third kappa shape index (κ3) is 3.44. The van der Waals surface area contributed by atoms with Crippen LogP contribution < -0.4 is 10.2 Å². The molecule has 0 saturated carbocycles. The maximum absolute atomic E-state index is 13.3. The summed E-state index contributed by atoms with van der Waals surface area (Å²) >= 11 is 0. The van der Waals surface area contributed by atoms with Crippen LogP contribution in [0.15, 0.2) is 30.6 Å². The molecule has 1 fully saturated rings. The van der Waals surface area contributed by atoms with Crippen LogP contribution >= 0.6 is 0 Å². The first-order valence-corrected chi connectivity index (χ1v) is 7.56. The molecule has 2 aromatic rings. The van der Waals surface area contributed by atoms with Gasteiger partial charge in [0.2, 0.25) is 0 Å². The second-order valence-electron chi connectivity index (χ2n) is 5.79. The highest BCUT2D eigenvalue weighted by molar-refractivity contribution is 5.97. The Labute approximate surface area is 133 Å². The number of phenols is 1. The second-order valence-corrected chi connectivity index (χ2v) is 5.79. The fourth-order valence-corrected chi connectivity index (χ4v) is 2.85. The first-order valence-electron chi connectivity index (χ1n) is 7.56. The minimum Gasteiger partial charge on any atom is -0.507 e. The number of piperidine rings is 1. The van der Waals surface area contributed by atoms with Gasteiger partial charge < -0.3 is 15.3 Å². The van der Waals surface area contributed by atoms with Gasteiger partial charge in [-0.1, -0.05) is 0 Å². The second kappa shape index (κ2) is 6.28. The van der Waals surface area contributed by atoms with Crippen LogP contribution in [0, 0.1) is 5.82 Å². The largest absolute Gasteiger partial charge is 0.507 e. The molecule has 3 rings (SSSR count). The number of amides is 1. The summed E-state index contributed by atoms with van der Waals surface area (Å²) in [6, 6.07) is 3.30. The third-order valence-corrected chi connectivity index (χ3v) is 4.02. The van der Waals surface area contributed by atoms with Crippen molar-refractivity contribution in [2.24, 2.45) is 7.05 Å². The summed E-state index contributed by atoms with van der Waals surface area (Å²) in [5.41, 5.74) is 0.976.